The van der Waals surface area contributed by atoms with Gasteiger partial charge in [-0.25, -0.2) is 0 Å². The number of amides is 1. The van der Waals surface area contributed by atoms with Gasteiger partial charge in [-0.2, -0.15) is 0 Å². The maximum Gasteiger partial charge on any atom is 0.225 e. The lowest BCUT2D eigenvalue weighted by molar-refractivity contribution is -0.134. The number of benzene rings is 1. The van der Waals surface area contributed by atoms with E-state index >= 15 is 0 Å². The highest BCUT2D eigenvalue weighted by Crippen LogP contribution is 2.20. The predicted octanol–water partition coefficient (Wildman–Crippen LogP) is 1.99. The average Bonchev–Trinajstić information content (AvgIpc) is 2.39. The first kappa shape index (κ1) is 16.8. The number of likely N-dealkylation sites (tertiary alicyclic amines) is 1. The zero-order chi connectivity index (χ0) is 13.8. The Hall–Kier alpha value is -1.26. The first-order valence-electron chi connectivity index (χ1n) is 6.84. The van der Waals surface area contributed by atoms with Crippen LogP contribution in [0.25, 0.3) is 0 Å². The number of carbonyl (C=O) groups is 1. The van der Waals surface area contributed by atoms with Gasteiger partial charge in [0.05, 0.1) is 0 Å². The van der Waals surface area contributed by atoms with Gasteiger partial charge in [-0.05, 0) is 43.6 Å². The number of nitrogens with zero attached hydrogens (tertiary/aromatic N) is 2. The Morgan fingerprint density at radius 2 is 2.00 bits per heavy atom. The van der Waals surface area contributed by atoms with Crippen LogP contribution >= 0.6 is 12.4 Å². The van der Waals surface area contributed by atoms with Crippen molar-refractivity contribution in [1.29, 1.82) is 0 Å². The second-order valence-electron chi connectivity index (χ2n) is 5.53. The SMILES string of the molecule is CN(C)C(=O)C1CCN(Cc2cccc(N)c2)CC1.Cl. The molecule has 1 heterocycles. The molecule has 20 heavy (non-hydrogen) atoms. The zero-order valence-electron chi connectivity index (χ0n) is 12.2. The lowest BCUT2D eigenvalue weighted by Gasteiger charge is -2.32. The van der Waals surface area contributed by atoms with E-state index < -0.39 is 0 Å². The van der Waals surface area contributed by atoms with Gasteiger partial charge in [0.2, 0.25) is 5.91 Å². The summed E-state index contributed by atoms with van der Waals surface area (Å²) in [7, 11) is 3.67. The molecule has 4 nitrogen and oxygen atoms in total. The number of anilines is 1. The van der Waals surface area contributed by atoms with Crippen molar-refractivity contribution in [3.8, 4) is 0 Å². The minimum absolute atomic E-state index is 0. The van der Waals surface area contributed by atoms with Gasteiger partial charge in [0, 0.05) is 32.2 Å². The molecule has 0 aliphatic carbocycles. The van der Waals surface area contributed by atoms with Gasteiger partial charge in [0.25, 0.3) is 0 Å². The Morgan fingerprint density at radius 3 is 2.55 bits per heavy atom. The van der Waals surface area contributed by atoms with E-state index in [1.54, 1.807) is 4.90 Å². The molecule has 2 rings (SSSR count). The van der Waals surface area contributed by atoms with Crippen LogP contribution in [-0.4, -0.2) is 42.9 Å². The predicted molar refractivity (Wildman–Crippen MR) is 84.8 cm³/mol. The van der Waals surface area contributed by atoms with E-state index in [1.165, 1.54) is 5.56 Å². The van der Waals surface area contributed by atoms with Crippen LogP contribution in [0.2, 0.25) is 0 Å². The van der Waals surface area contributed by atoms with E-state index in [0.29, 0.717) is 0 Å². The van der Waals surface area contributed by atoms with Crippen molar-refractivity contribution < 1.29 is 4.79 Å². The minimum atomic E-state index is 0. The standard InChI is InChI=1S/C15H23N3O.ClH/c1-17(2)15(19)13-6-8-18(9-7-13)11-12-4-3-5-14(16)10-12;/h3-5,10,13H,6-9,11,16H2,1-2H3;1H. The molecule has 5 heteroatoms. The lowest BCUT2D eigenvalue weighted by atomic mass is 9.95. The third-order valence-electron chi connectivity index (χ3n) is 3.73. The van der Waals surface area contributed by atoms with Crippen molar-refractivity contribution in [3.05, 3.63) is 29.8 Å². The van der Waals surface area contributed by atoms with Crippen LogP contribution in [0.5, 0.6) is 0 Å². The van der Waals surface area contributed by atoms with Crippen LogP contribution in [0.3, 0.4) is 0 Å². The fourth-order valence-corrected chi connectivity index (χ4v) is 2.65. The van der Waals surface area contributed by atoms with E-state index in [9.17, 15) is 4.79 Å². The zero-order valence-corrected chi connectivity index (χ0v) is 13.0. The largest absolute Gasteiger partial charge is 0.399 e. The van der Waals surface area contributed by atoms with Gasteiger partial charge in [0.1, 0.15) is 0 Å². The molecule has 1 aliphatic heterocycles. The average molecular weight is 298 g/mol. The summed E-state index contributed by atoms with van der Waals surface area (Å²) in [5, 5.41) is 0. The molecule has 0 spiro atoms. The number of nitrogen functional groups attached to an aromatic ring is 1. The Kier molecular flexibility index (Phi) is 6.30. The number of nitrogens with two attached hydrogens (primary N) is 1. The van der Waals surface area contributed by atoms with Crippen LogP contribution in [-0.2, 0) is 11.3 Å². The van der Waals surface area contributed by atoms with Crippen LogP contribution in [0, 0.1) is 5.92 Å². The summed E-state index contributed by atoms with van der Waals surface area (Å²) in [6, 6.07) is 8.03. The van der Waals surface area contributed by atoms with E-state index in [2.05, 4.69) is 11.0 Å². The number of hydrogen-bond donors (Lipinski definition) is 1. The second-order valence-corrected chi connectivity index (χ2v) is 5.53. The first-order chi connectivity index (χ1) is 9.06. The third kappa shape index (κ3) is 4.39. The highest BCUT2D eigenvalue weighted by molar-refractivity contribution is 5.85. The van der Waals surface area contributed by atoms with Crippen LogP contribution in [0.4, 0.5) is 5.69 Å². The van der Waals surface area contributed by atoms with Crippen molar-refractivity contribution >= 4 is 24.0 Å². The summed E-state index contributed by atoms with van der Waals surface area (Å²) in [6.45, 7) is 2.89. The van der Waals surface area contributed by atoms with Gasteiger partial charge in [-0.15, -0.1) is 12.4 Å². The van der Waals surface area contributed by atoms with Gasteiger partial charge >= 0.3 is 0 Å². The quantitative estimate of drug-likeness (QED) is 0.868. The smallest absolute Gasteiger partial charge is 0.225 e. The number of hydrogen-bond acceptors (Lipinski definition) is 3. The van der Waals surface area contributed by atoms with Gasteiger partial charge in [-0.3, -0.25) is 9.69 Å². The van der Waals surface area contributed by atoms with Gasteiger partial charge < -0.3 is 10.6 Å². The van der Waals surface area contributed by atoms with Crippen molar-refractivity contribution in [2.45, 2.75) is 19.4 Å². The molecule has 0 bridgehead atoms. The maximum absolute atomic E-state index is 11.9. The van der Waals surface area contributed by atoms with Crippen LogP contribution < -0.4 is 5.73 Å². The molecule has 0 unspecified atom stereocenters. The molecule has 1 aliphatic rings. The lowest BCUT2D eigenvalue weighted by Crippen LogP contribution is -2.39. The van der Waals surface area contributed by atoms with Gasteiger partial charge in [0.15, 0.2) is 0 Å². The molecule has 1 aromatic carbocycles. The molecule has 1 saturated heterocycles. The first-order valence-corrected chi connectivity index (χ1v) is 6.84. The monoisotopic (exact) mass is 297 g/mol. The Balaban J connectivity index is 0.00000200. The minimum Gasteiger partial charge on any atom is -0.399 e. The number of carbonyl (C=O) groups excluding carboxylic acids is 1. The van der Waals surface area contributed by atoms with E-state index in [4.69, 9.17) is 5.73 Å². The molecule has 0 aromatic heterocycles. The van der Waals surface area contributed by atoms with E-state index in [0.717, 1.165) is 38.2 Å². The molecule has 0 atom stereocenters. The summed E-state index contributed by atoms with van der Waals surface area (Å²) in [6.07, 6.45) is 1.92. The van der Waals surface area contributed by atoms with E-state index in [-0.39, 0.29) is 24.2 Å². The number of halogens is 1. The van der Waals surface area contributed by atoms with Crippen molar-refractivity contribution in [2.24, 2.45) is 5.92 Å². The fourth-order valence-electron chi connectivity index (χ4n) is 2.65. The van der Waals surface area contributed by atoms with Crippen molar-refractivity contribution in [3.63, 3.8) is 0 Å². The van der Waals surface area contributed by atoms with Crippen molar-refractivity contribution in [1.82, 2.24) is 9.80 Å². The molecule has 1 aromatic rings. The van der Waals surface area contributed by atoms with Crippen LogP contribution in [0.15, 0.2) is 24.3 Å². The summed E-state index contributed by atoms with van der Waals surface area (Å²) < 4.78 is 0. The summed E-state index contributed by atoms with van der Waals surface area (Å²) >= 11 is 0. The molecule has 1 fully saturated rings. The number of piperidine rings is 1. The summed E-state index contributed by atoms with van der Waals surface area (Å²) in [5.41, 5.74) is 7.85. The summed E-state index contributed by atoms with van der Waals surface area (Å²) in [5.74, 6) is 0.468. The Labute approximate surface area is 127 Å². The molecule has 0 saturated carbocycles. The van der Waals surface area contributed by atoms with E-state index in [1.807, 2.05) is 32.3 Å². The third-order valence-corrected chi connectivity index (χ3v) is 3.73. The molecule has 0 radical (unpaired) electrons. The van der Waals surface area contributed by atoms with Crippen molar-refractivity contribution in [2.75, 3.05) is 32.9 Å². The topological polar surface area (TPSA) is 49.6 Å². The second kappa shape index (κ2) is 7.50. The molecule has 112 valence electrons. The maximum atomic E-state index is 11.9. The highest BCUT2D eigenvalue weighted by Gasteiger charge is 2.25. The Morgan fingerprint density at radius 1 is 1.35 bits per heavy atom. The molecular weight excluding hydrogens is 274 g/mol. The molecular formula is C15H24ClN3O. The molecule has 2 N–H and O–H groups in total. The Bertz CT molecular complexity index is 442. The highest BCUT2D eigenvalue weighted by atomic mass is 35.5. The number of rotatable bonds is 3. The summed E-state index contributed by atoms with van der Waals surface area (Å²) in [4.78, 5) is 16.0. The molecule has 1 amide bonds. The van der Waals surface area contributed by atoms with Gasteiger partial charge in [-0.1, -0.05) is 12.1 Å². The van der Waals surface area contributed by atoms with Crippen LogP contribution in [0.1, 0.15) is 18.4 Å². The normalized spacial score (nSPS) is 16.5. The fraction of sp³-hybridized carbons (Fsp3) is 0.533.